The summed E-state index contributed by atoms with van der Waals surface area (Å²) in [6, 6.07) is 14.2. The molecule has 2 unspecified atom stereocenters. The zero-order valence-electron chi connectivity index (χ0n) is 21.4. The minimum atomic E-state index is -0.0984. The van der Waals surface area contributed by atoms with Crippen LogP contribution in [0.2, 0.25) is 0 Å². The second kappa shape index (κ2) is 9.56. The van der Waals surface area contributed by atoms with Gasteiger partial charge in [-0.15, -0.1) is 0 Å². The monoisotopic (exact) mass is 456 g/mol. The fourth-order valence-corrected chi connectivity index (χ4v) is 4.85. The lowest BCUT2D eigenvalue weighted by atomic mass is 9.73. The maximum absolute atomic E-state index is 4.94. The van der Waals surface area contributed by atoms with Crippen LogP contribution < -0.4 is 0 Å². The molecular weight excluding hydrogens is 412 g/mol. The highest BCUT2D eigenvalue weighted by molar-refractivity contribution is 7.80. The summed E-state index contributed by atoms with van der Waals surface area (Å²) in [4.78, 5) is 0. The molecule has 0 aromatic heterocycles. The Labute approximate surface area is 203 Å². The van der Waals surface area contributed by atoms with E-state index in [1.807, 2.05) is 0 Å². The van der Waals surface area contributed by atoms with Crippen LogP contribution in [-0.4, -0.2) is 0 Å². The van der Waals surface area contributed by atoms with Gasteiger partial charge in [-0.1, -0.05) is 106 Å². The van der Waals surface area contributed by atoms with Gasteiger partial charge in [0.2, 0.25) is 0 Å². The quantitative estimate of drug-likeness (QED) is 0.397. The molecule has 0 aliphatic heterocycles. The number of thiol groups is 2. The van der Waals surface area contributed by atoms with E-state index in [0.29, 0.717) is 0 Å². The Bertz CT molecular complexity index is 820. The molecule has 0 aliphatic carbocycles. The topological polar surface area (TPSA) is 0 Å². The van der Waals surface area contributed by atoms with Crippen molar-refractivity contribution < 1.29 is 0 Å². The largest absolute Gasteiger partial charge is 0.171 e. The highest BCUT2D eigenvalue weighted by Crippen LogP contribution is 2.42. The second-order valence-corrected chi connectivity index (χ2v) is 12.8. The Morgan fingerprint density at radius 2 is 0.935 bits per heavy atom. The van der Waals surface area contributed by atoms with E-state index in [9.17, 15) is 0 Å². The average Bonchev–Trinajstić information content (AvgIpc) is 2.70. The van der Waals surface area contributed by atoms with Gasteiger partial charge < -0.3 is 0 Å². The van der Waals surface area contributed by atoms with Crippen LogP contribution in [0.4, 0.5) is 0 Å². The second-order valence-electron chi connectivity index (χ2n) is 11.6. The number of hydrogen-bond acceptors (Lipinski definition) is 2. The molecule has 0 fully saturated rings. The van der Waals surface area contributed by atoms with E-state index in [2.05, 4.69) is 106 Å². The molecule has 0 amide bonds. The molecule has 2 aromatic rings. The molecule has 172 valence electrons. The van der Waals surface area contributed by atoms with Crippen molar-refractivity contribution >= 4 is 25.3 Å². The van der Waals surface area contributed by atoms with Crippen LogP contribution >= 0.6 is 25.3 Å². The number of benzene rings is 2. The summed E-state index contributed by atoms with van der Waals surface area (Å²) in [5.41, 5.74) is 8.37. The van der Waals surface area contributed by atoms with Crippen LogP contribution in [0.15, 0.2) is 36.4 Å². The van der Waals surface area contributed by atoms with E-state index in [4.69, 9.17) is 25.3 Å². The maximum atomic E-state index is 4.94. The molecule has 2 heteroatoms. The first kappa shape index (κ1) is 26.4. The molecule has 0 saturated heterocycles. The molecule has 2 rings (SSSR count). The van der Waals surface area contributed by atoms with Gasteiger partial charge in [0.1, 0.15) is 0 Å². The molecular formula is C29H44S2. The molecule has 2 aromatic carbocycles. The van der Waals surface area contributed by atoms with E-state index in [-0.39, 0.29) is 26.7 Å². The summed E-state index contributed by atoms with van der Waals surface area (Å²) in [6.45, 7) is 22.9. The average molecular weight is 457 g/mol. The van der Waals surface area contributed by atoms with Gasteiger partial charge >= 0.3 is 0 Å². The van der Waals surface area contributed by atoms with Gasteiger partial charge in [0, 0.05) is 15.9 Å². The van der Waals surface area contributed by atoms with Crippen molar-refractivity contribution in [1.29, 1.82) is 0 Å². The Kier molecular flexibility index (Phi) is 8.14. The predicted octanol–water partition coefficient (Wildman–Crippen LogP) is 9.37. The predicted molar refractivity (Wildman–Crippen MR) is 146 cm³/mol. The fourth-order valence-electron chi connectivity index (χ4n) is 4.43. The molecule has 2 atom stereocenters. The molecule has 0 heterocycles. The van der Waals surface area contributed by atoms with Crippen molar-refractivity contribution in [2.75, 3.05) is 0 Å². The van der Waals surface area contributed by atoms with Crippen molar-refractivity contribution in [3.8, 4) is 0 Å². The molecule has 0 aliphatic rings. The summed E-state index contributed by atoms with van der Waals surface area (Å²) < 4.78 is 0. The Hall–Kier alpha value is -0.860. The summed E-state index contributed by atoms with van der Waals surface area (Å²) in [7, 11) is 0. The third kappa shape index (κ3) is 5.74. The summed E-state index contributed by atoms with van der Waals surface area (Å²) in [5.74, 6) is 0. The zero-order chi connectivity index (χ0) is 23.8. The number of rotatable bonds is 6. The maximum Gasteiger partial charge on any atom is 0.0267 e. The number of hydrogen-bond donors (Lipinski definition) is 2. The van der Waals surface area contributed by atoms with Crippen molar-refractivity contribution in [1.82, 2.24) is 0 Å². The highest BCUT2D eigenvalue weighted by Gasteiger charge is 2.29. The third-order valence-electron chi connectivity index (χ3n) is 6.65. The minimum Gasteiger partial charge on any atom is -0.171 e. The Balaban J connectivity index is 2.66. The summed E-state index contributed by atoms with van der Waals surface area (Å²) in [5, 5.41) is 0.511. The Morgan fingerprint density at radius 3 is 1.19 bits per heavy atom. The molecule has 0 saturated carbocycles. The van der Waals surface area contributed by atoms with Gasteiger partial charge in [-0.25, -0.2) is 0 Å². The third-order valence-corrected chi connectivity index (χ3v) is 7.94. The van der Waals surface area contributed by atoms with Crippen molar-refractivity contribution in [3.05, 3.63) is 69.8 Å². The van der Waals surface area contributed by atoms with E-state index < -0.39 is 0 Å². The van der Waals surface area contributed by atoms with E-state index in [1.165, 1.54) is 33.4 Å². The van der Waals surface area contributed by atoms with Gasteiger partial charge in [0.25, 0.3) is 0 Å². The van der Waals surface area contributed by atoms with Crippen LogP contribution in [0.1, 0.15) is 126 Å². The first-order chi connectivity index (χ1) is 14.1. The Morgan fingerprint density at radius 1 is 0.613 bits per heavy atom. The standard InChI is InChI=1S/C29H44S2/c1-11-25(30)21-17-19(13-15-23(21)27(3,4)5)29(9,10)20-14-16-24(28(6,7)8)22(18-20)26(31)12-2/h13-18,25-26,30-31H,11-12H2,1-10H3. The van der Waals surface area contributed by atoms with Crippen LogP contribution in [0, 0.1) is 0 Å². The normalized spacial score (nSPS) is 15.1. The molecule has 0 N–H and O–H groups in total. The molecule has 0 spiro atoms. The van der Waals surface area contributed by atoms with Crippen LogP contribution in [0.5, 0.6) is 0 Å². The summed E-state index contributed by atoms with van der Waals surface area (Å²) >= 11 is 9.88. The van der Waals surface area contributed by atoms with E-state index in [1.54, 1.807) is 0 Å². The lowest BCUT2D eigenvalue weighted by Gasteiger charge is -2.33. The molecule has 31 heavy (non-hydrogen) atoms. The van der Waals surface area contributed by atoms with Gasteiger partial charge in [-0.2, -0.15) is 25.3 Å². The summed E-state index contributed by atoms with van der Waals surface area (Å²) in [6.07, 6.45) is 2.05. The smallest absolute Gasteiger partial charge is 0.0267 e. The van der Waals surface area contributed by atoms with Gasteiger partial charge in [-0.05, 0) is 57.1 Å². The van der Waals surface area contributed by atoms with Gasteiger partial charge in [0.15, 0.2) is 0 Å². The fraction of sp³-hybridized carbons (Fsp3) is 0.586. The van der Waals surface area contributed by atoms with Crippen molar-refractivity contribution in [2.24, 2.45) is 0 Å². The lowest BCUT2D eigenvalue weighted by Crippen LogP contribution is -2.23. The van der Waals surface area contributed by atoms with Gasteiger partial charge in [0.05, 0.1) is 0 Å². The first-order valence-corrected chi connectivity index (χ1v) is 12.8. The van der Waals surface area contributed by atoms with Crippen molar-refractivity contribution in [2.45, 2.75) is 109 Å². The van der Waals surface area contributed by atoms with Crippen LogP contribution in [0.25, 0.3) is 0 Å². The SMILES string of the molecule is CCC(S)c1cc(C(C)(C)c2ccc(C(C)(C)C)c(C(S)CC)c2)ccc1C(C)(C)C. The lowest BCUT2D eigenvalue weighted by molar-refractivity contribution is 0.573. The van der Waals surface area contributed by atoms with Crippen LogP contribution in [0.3, 0.4) is 0 Å². The molecule has 0 radical (unpaired) electrons. The van der Waals surface area contributed by atoms with Crippen LogP contribution in [-0.2, 0) is 16.2 Å². The van der Waals surface area contributed by atoms with Crippen molar-refractivity contribution in [3.63, 3.8) is 0 Å². The first-order valence-electron chi connectivity index (χ1n) is 11.8. The highest BCUT2D eigenvalue weighted by atomic mass is 32.1. The van der Waals surface area contributed by atoms with E-state index >= 15 is 0 Å². The van der Waals surface area contributed by atoms with Gasteiger partial charge in [-0.3, -0.25) is 0 Å². The molecule has 0 bridgehead atoms. The minimum absolute atomic E-state index is 0.0984. The molecule has 0 nitrogen and oxygen atoms in total. The van der Waals surface area contributed by atoms with E-state index in [0.717, 1.165) is 12.8 Å². The zero-order valence-corrected chi connectivity index (χ0v) is 23.2.